The van der Waals surface area contributed by atoms with Crippen molar-refractivity contribution in [2.24, 2.45) is 0 Å². The van der Waals surface area contributed by atoms with Crippen molar-refractivity contribution in [3.05, 3.63) is 35.4 Å². The maximum atomic E-state index is 11.7. The number of carbonyl (C=O) groups excluding carboxylic acids is 1. The Morgan fingerprint density at radius 1 is 1.38 bits per heavy atom. The zero-order valence-electron chi connectivity index (χ0n) is 12.2. The molecular formula is C14H18N4O2S. The van der Waals surface area contributed by atoms with Gasteiger partial charge < -0.3 is 10.5 Å². The minimum atomic E-state index is -0.337. The van der Waals surface area contributed by atoms with Gasteiger partial charge in [0, 0.05) is 11.8 Å². The van der Waals surface area contributed by atoms with Crippen molar-refractivity contribution in [2.45, 2.75) is 30.8 Å². The molecule has 7 heteroatoms. The zero-order chi connectivity index (χ0) is 15.4. The van der Waals surface area contributed by atoms with Crippen LogP contribution >= 0.6 is 11.8 Å². The highest BCUT2D eigenvalue weighted by molar-refractivity contribution is 7.98. The second kappa shape index (κ2) is 6.62. The highest BCUT2D eigenvalue weighted by Crippen LogP contribution is 2.27. The van der Waals surface area contributed by atoms with Crippen LogP contribution in [0.4, 0.5) is 5.95 Å². The molecule has 0 fully saturated rings. The fraction of sp³-hybridized carbons (Fsp3) is 0.357. The van der Waals surface area contributed by atoms with Crippen LogP contribution in [0, 0.1) is 0 Å². The first-order valence-electron chi connectivity index (χ1n) is 6.54. The van der Waals surface area contributed by atoms with E-state index in [9.17, 15) is 4.79 Å². The molecule has 6 nitrogen and oxygen atoms in total. The minimum Gasteiger partial charge on any atom is -0.465 e. The van der Waals surface area contributed by atoms with E-state index in [1.807, 2.05) is 36.6 Å². The van der Waals surface area contributed by atoms with E-state index in [4.69, 9.17) is 10.5 Å². The van der Waals surface area contributed by atoms with Gasteiger partial charge in [0.2, 0.25) is 5.95 Å². The molecule has 0 radical (unpaired) electrons. The van der Waals surface area contributed by atoms with Crippen LogP contribution in [0.3, 0.4) is 0 Å². The number of carbonyl (C=O) groups is 1. The number of benzene rings is 1. The molecule has 0 unspecified atom stereocenters. The molecule has 0 saturated heterocycles. The van der Waals surface area contributed by atoms with Crippen molar-refractivity contribution >= 4 is 23.7 Å². The van der Waals surface area contributed by atoms with E-state index >= 15 is 0 Å². The number of ether oxygens (including phenoxy) is 1. The van der Waals surface area contributed by atoms with Crippen molar-refractivity contribution in [1.82, 2.24) is 14.8 Å². The minimum absolute atomic E-state index is 0.179. The molecule has 0 amide bonds. The van der Waals surface area contributed by atoms with E-state index in [1.54, 1.807) is 6.07 Å². The van der Waals surface area contributed by atoms with Crippen LogP contribution in [-0.2, 0) is 10.5 Å². The van der Waals surface area contributed by atoms with Gasteiger partial charge in [-0.2, -0.15) is 0 Å². The Morgan fingerprint density at radius 3 is 2.76 bits per heavy atom. The average molecular weight is 306 g/mol. The lowest BCUT2D eigenvalue weighted by molar-refractivity contribution is 0.0600. The number of nitrogens with zero attached hydrogens (tertiary/aromatic N) is 3. The largest absolute Gasteiger partial charge is 0.465 e. The second-order valence-corrected chi connectivity index (χ2v) is 5.68. The summed E-state index contributed by atoms with van der Waals surface area (Å²) < 4.78 is 6.66. The van der Waals surface area contributed by atoms with Crippen LogP contribution < -0.4 is 5.73 Å². The van der Waals surface area contributed by atoms with Crippen molar-refractivity contribution in [3.63, 3.8) is 0 Å². The monoisotopic (exact) mass is 306 g/mol. The van der Waals surface area contributed by atoms with Gasteiger partial charge in [0.15, 0.2) is 5.16 Å². The molecule has 2 aromatic rings. The van der Waals surface area contributed by atoms with E-state index in [2.05, 4.69) is 10.2 Å². The molecule has 21 heavy (non-hydrogen) atoms. The van der Waals surface area contributed by atoms with Crippen molar-refractivity contribution in [2.75, 3.05) is 12.8 Å². The van der Waals surface area contributed by atoms with E-state index in [1.165, 1.54) is 18.9 Å². The molecule has 0 aliphatic rings. The smallest absolute Gasteiger partial charge is 0.338 e. The summed E-state index contributed by atoms with van der Waals surface area (Å²) >= 11 is 1.49. The van der Waals surface area contributed by atoms with Crippen molar-refractivity contribution in [3.8, 4) is 0 Å². The summed E-state index contributed by atoms with van der Waals surface area (Å²) in [6.07, 6.45) is 0. The van der Waals surface area contributed by atoms with Crippen LogP contribution in [0.25, 0.3) is 0 Å². The third-order valence-corrected chi connectivity index (χ3v) is 3.98. The number of nitrogen functional groups attached to an aromatic ring is 1. The van der Waals surface area contributed by atoms with Gasteiger partial charge in [-0.25, -0.2) is 4.79 Å². The number of anilines is 1. The van der Waals surface area contributed by atoms with Gasteiger partial charge >= 0.3 is 5.97 Å². The Hall–Kier alpha value is -2.02. The lowest BCUT2D eigenvalue weighted by Crippen LogP contribution is -2.08. The summed E-state index contributed by atoms with van der Waals surface area (Å²) in [6.45, 7) is 4.04. The normalized spacial score (nSPS) is 10.9. The zero-order valence-corrected chi connectivity index (χ0v) is 13.1. The number of rotatable bonds is 5. The van der Waals surface area contributed by atoms with Crippen LogP contribution in [0.5, 0.6) is 0 Å². The SMILES string of the molecule is COC(=O)c1ccccc1CSc1nnc(N)n1C(C)C. The molecular weight excluding hydrogens is 288 g/mol. The Labute approximate surface area is 127 Å². The summed E-state index contributed by atoms with van der Waals surface area (Å²) in [4.78, 5) is 11.7. The molecule has 0 bridgehead atoms. The highest BCUT2D eigenvalue weighted by Gasteiger charge is 2.15. The number of esters is 1. The molecule has 0 aliphatic carbocycles. The third-order valence-electron chi connectivity index (χ3n) is 2.99. The van der Waals surface area contributed by atoms with Crippen LogP contribution in [0.15, 0.2) is 29.4 Å². The molecule has 0 saturated carbocycles. The van der Waals surface area contributed by atoms with E-state index in [-0.39, 0.29) is 12.0 Å². The summed E-state index contributed by atoms with van der Waals surface area (Å²) in [5.74, 6) is 0.653. The van der Waals surface area contributed by atoms with Crippen LogP contribution in [-0.4, -0.2) is 27.8 Å². The van der Waals surface area contributed by atoms with E-state index in [0.717, 1.165) is 10.7 Å². The first-order valence-corrected chi connectivity index (χ1v) is 7.52. The van der Waals surface area contributed by atoms with Crippen LogP contribution in [0.1, 0.15) is 35.8 Å². The quantitative estimate of drug-likeness (QED) is 0.675. The van der Waals surface area contributed by atoms with Gasteiger partial charge in [-0.3, -0.25) is 4.57 Å². The number of thioether (sulfide) groups is 1. The Morgan fingerprint density at radius 2 is 2.10 bits per heavy atom. The molecule has 0 spiro atoms. The average Bonchev–Trinajstić information content (AvgIpc) is 2.85. The predicted octanol–water partition coefficient (Wildman–Crippen LogP) is 2.52. The maximum absolute atomic E-state index is 11.7. The Kier molecular flexibility index (Phi) is 4.85. The maximum Gasteiger partial charge on any atom is 0.338 e. The Balaban J connectivity index is 2.20. The number of nitrogens with two attached hydrogens (primary N) is 1. The molecule has 1 aromatic carbocycles. The number of hydrogen-bond donors (Lipinski definition) is 1. The molecule has 2 N–H and O–H groups in total. The second-order valence-electron chi connectivity index (χ2n) is 4.74. The van der Waals surface area contributed by atoms with Crippen molar-refractivity contribution < 1.29 is 9.53 Å². The summed E-state index contributed by atoms with van der Waals surface area (Å²) in [6, 6.07) is 7.54. The van der Waals surface area contributed by atoms with E-state index in [0.29, 0.717) is 17.3 Å². The van der Waals surface area contributed by atoms with Gasteiger partial charge in [0.25, 0.3) is 0 Å². The van der Waals surface area contributed by atoms with Gasteiger partial charge in [-0.1, -0.05) is 30.0 Å². The highest BCUT2D eigenvalue weighted by atomic mass is 32.2. The molecule has 1 aromatic heterocycles. The summed E-state index contributed by atoms with van der Waals surface area (Å²) in [7, 11) is 1.38. The molecule has 0 aliphatic heterocycles. The number of aromatic nitrogens is 3. The predicted molar refractivity (Wildman–Crippen MR) is 82.2 cm³/mol. The molecule has 0 atom stereocenters. The van der Waals surface area contributed by atoms with Gasteiger partial charge in [0.1, 0.15) is 0 Å². The number of methoxy groups -OCH3 is 1. The third kappa shape index (κ3) is 3.36. The van der Waals surface area contributed by atoms with Gasteiger partial charge in [-0.15, -0.1) is 10.2 Å². The molecule has 1 heterocycles. The first-order chi connectivity index (χ1) is 10.0. The lowest BCUT2D eigenvalue weighted by Gasteiger charge is -2.12. The molecule has 2 rings (SSSR count). The summed E-state index contributed by atoms with van der Waals surface area (Å²) in [5.41, 5.74) is 7.27. The standard InChI is InChI=1S/C14H18N4O2S/c1-9(2)18-13(15)16-17-14(18)21-8-10-6-4-5-7-11(10)12(19)20-3/h4-7,9H,8H2,1-3H3,(H2,15,16). The first kappa shape index (κ1) is 15.4. The Bertz CT molecular complexity index is 640. The fourth-order valence-corrected chi connectivity index (χ4v) is 3.05. The topological polar surface area (TPSA) is 83.0 Å². The number of hydrogen-bond acceptors (Lipinski definition) is 6. The molecule has 112 valence electrons. The van der Waals surface area contributed by atoms with Crippen LogP contribution in [0.2, 0.25) is 0 Å². The summed E-state index contributed by atoms with van der Waals surface area (Å²) in [5, 5.41) is 8.72. The van der Waals surface area contributed by atoms with Crippen molar-refractivity contribution in [1.29, 1.82) is 0 Å². The van der Waals surface area contributed by atoms with Gasteiger partial charge in [0.05, 0.1) is 12.7 Å². The van der Waals surface area contributed by atoms with Gasteiger partial charge in [-0.05, 0) is 25.5 Å². The fourth-order valence-electron chi connectivity index (χ4n) is 1.97. The lowest BCUT2D eigenvalue weighted by atomic mass is 10.1. The van der Waals surface area contributed by atoms with E-state index < -0.39 is 0 Å².